The minimum absolute atomic E-state index is 0.0173. The zero-order chi connectivity index (χ0) is 65.6. The van der Waals surface area contributed by atoms with Crippen LogP contribution >= 0.6 is 86.9 Å². The lowest BCUT2D eigenvalue weighted by molar-refractivity contribution is 0.0720. The highest BCUT2D eigenvalue weighted by molar-refractivity contribution is 9.10. The lowest BCUT2D eigenvalue weighted by Crippen LogP contribution is -2.18. The van der Waals surface area contributed by atoms with Crippen LogP contribution in [-0.2, 0) is 22.7 Å². The summed E-state index contributed by atoms with van der Waals surface area (Å²) in [6.07, 6.45) is 0. The second kappa shape index (κ2) is 31.2. The van der Waals surface area contributed by atoms with Gasteiger partial charge in [-0.3, -0.25) is 0 Å². The molecule has 16 nitrogen and oxygen atoms in total. The van der Waals surface area contributed by atoms with E-state index >= 15 is 0 Å². The summed E-state index contributed by atoms with van der Waals surface area (Å²) in [5.74, 6) is -2.95. The van der Waals surface area contributed by atoms with Gasteiger partial charge in [0.1, 0.15) is 80.1 Å². The van der Waals surface area contributed by atoms with Crippen LogP contribution in [0.15, 0.2) is 235 Å². The van der Waals surface area contributed by atoms with Gasteiger partial charge in [0, 0.05) is 58.1 Å². The van der Waals surface area contributed by atoms with E-state index in [0.29, 0.717) is 75.6 Å². The van der Waals surface area contributed by atoms with E-state index in [-0.39, 0.29) is 45.1 Å². The molecule has 0 radical (unpaired) electrons. The highest BCUT2D eigenvalue weighted by Crippen LogP contribution is 2.26. The molecule has 12 aromatic rings. The molecule has 12 rings (SSSR count). The topological polar surface area (TPSA) is 226 Å². The van der Waals surface area contributed by atoms with Crippen molar-refractivity contribution in [2.45, 2.75) is 22.7 Å². The molecule has 0 amide bonds. The molecule has 0 aliphatic rings. The molecule has 0 aliphatic heterocycles. The molecule has 0 bridgehead atoms. The lowest BCUT2D eigenvalue weighted by Gasteiger charge is -2.05. The molecule has 0 atom stereocenters. The third-order valence-corrected chi connectivity index (χ3v) is 15.7. The van der Waals surface area contributed by atoms with Crippen LogP contribution in [0, 0.1) is 5.82 Å². The van der Waals surface area contributed by atoms with Gasteiger partial charge >= 0.3 is 46.4 Å². The van der Waals surface area contributed by atoms with E-state index in [4.69, 9.17) is 59.8 Å². The predicted octanol–water partition coefficient (Wildman–Crippen LogP) is 17.4. The maximum absolute atomic E-state index is 13.1. The normalized spacial score (nSPS) is 10.7. The van der Waals surface area contributed by atoms with E-state index in [1.165, 1.54) is 78.9 Å². The SMILES string of the molecule is O=C(Oc1ccc(Cl)cc1)c1cc2cc(CF)ccc2oc1=O.O=C(Oc1cccc(Br)c1)c1cc2cc(CBr)ccc2oc1=O.O=C(Oc1cccc(Cl)c1)c1cc2cc(CBr)ccc2oc1=O.O=C(Oc1cccc(F)c1)c1cc2cc(CBr)ccc2oc1=O. The van der Waals surface area contributed by atoms with Crippen LogP contribution in [0.2, 0.25) is 10.0 Å². The maximum Gasteiger partial charge on any atom is 0.351 e. The van der Waals surface area contributed by atoms with Gasteiger partial charge in [0.2, 0.25) is 0 Å². The molecule has 8 aromatic carbocycles. The number of esters is 4. The van der Waals surface area contributed by atoms with Gasteiger partial charge in [-0.2, -0.15) is 0 Å². The maximum atomic E-state index is 13.1. The van der Waals surface area contributed by atoms with Crippen LogP contribution in [-0.4, -0.2) is 23.9 Å². The van der Waals surface area contributed by atoms with Gasteiger partial charge in [-0.15, -0.1) is 0 Å². The fourth-order valence-corrected chi connectivity index (χ4v) is 10.1. The van der Waals surface area contributed by atoms with E-state index in [0.717, 1.165) is 27.2 Å². The highest BCUT2D eigenvalue weighted by Gasteiger charge is 2.21. The number of ether oxygens (including phenoxy) is 4. The van der Waals surface area contributed by atoms with Crippen molar-refractivity contribution in [2.24, 2.45) is 0 Å². The van der Waals surface area contributed by atoms with Crippen molar-refractivity contribution in [3.8, 4) is 23.0 Å². The fourth-order valence-electron chi connectivity index (χ4n) is 8.34. The van der Waals surface area contributed by atoms with Crippen LogP contribution in [0.5, 0.6) is 23.0 Å². The Labute approximate surface area is 561 Å². The van der Waals surface area contributed by atoms with Crippen LogP contribution in [0.3, 0.4) is 0 Å². The zero-order valence-corrected chi connectivity index (χ0v) is 54.7. The third-order valence-electron chi connectivity index (χ3n) is 12.7. The summed E-state index contributed by atoms with van der Waals surface area (Å²) in [4.78, 5) is 96.5. The summed E-state index contributed by atoms with van der Waals surface area (Å²) in [6, 6.07) is 50.7. The minimum Gasteiger partial charge on any atom is -0.423 e. The van der Waals surface area contributed by atoms with Crippen LogP contribution in [0.4, 0.5) is 8.78 Å². The van der Waals surface area contributed by atoms with Gasteiger partial charge in [0.05, 0.1) is 0 Å². The molecule has 0 spiro atoms. The van der Waals surface area contributed by atoms with E-state index < -0.39 is 58.9 Å². The van der Waals surface area contributed by atoms with Gasteiger partial charge in [-0.25, -0.2) is 47.1 Å². The summed E-state index contributed by atoms with van der Waals surface area (Å²) in [5, 5.41) is 5.25. The summed E-state index contributed by atoms with van der Waals surface area (Å²) >= 11 is 24.9. The Morgan fingerprint density at radius 3 is 1.07 bits per heavy atom. The summed E-state index contributed by atoms with van der Waals surface area (Å²) in [6.45, 7) is -0.653. The van der Waals surface area contributed by atoms with Crippen molar-refractivity contribution in [3.05, 3.63) is 301 Å². The van der Waals surface area contributed by atoms with Gasteiger partial charge in [0.25, 0.3) is 0 Å². The highest BCUT2D eigenvalue weighted by atomic mass is 79.9. The molecule has 0 unspecified atom stereocenters. The van der Waals surface area contributed by atoms with Crippen LogP contribution < -0.4 is 41.4 Å². The molecule has 0 saturated heterocycles. The molecule has 24 heteroatoms. The first-order valence-electron chi connectivity index (χ1n) is 26.7. The van der Waals surface area contributed by atoms with Crippen molar-refractivity contribution in [1.29, 1.82) is 0 Å². The van der Waals surface area contributed by atoms with E-state index in [1.54, 1.807) is 72.8 Å². The smallest absolute Gasteiger partial charge is 0.351 e. The molecular formula is C68H40Br4Cl2F2O16. The van der Waals surface area contributed by atoms with Gasteiger partial charge < -0.3 is 36.6 Å². The number of carbonyl (C=O) groups is 4. The van der Waals surface area contributed by atoms with E-state index in [1.807, 2.05) is 36.4 Å². The molecule has 0 aliphatic carbocycles. The Bertz CT molecular complexity index is 4660. The number of hydrogen-bond donors (Lipinski definition) is 0. The Kier molecular flexibility index (Phi) is 22.8. The van der Waals surface area contributed by atoms with Crippen molar-refractivity contribution < 1.29 is 64.6 Å². The van der Waals surface area contributed by atoms with Crippen LogP contribution in [0.25, 0.3) is 43.9 Å². The van der Waals surface area contributed by atoms with Gasteiger partial charge in [-0.1, -0.05) is 129 Å². The molecule has 0 fully saturated rings. The quantitative estimate of drug-likeness (QED) is 0.0479. The molecule has 4 heterocycles. The molecule has 0 N–H and O–H groups in total. The number of hydrogen-bond acceptors (Lipinski definition) is 16. The lowest BCUT2D eigenvalue weighted by atomic mass is 10.1. The molecule has 0 saturated carbocycles. The van der Waals surface area contributed by atoms with Crippen molar-refractivity contribution in [1.82, 2.24) is 0 Å². The number of carbonyl (C=O) groups excluding carboxylic acids is 4. The third kappa shape index (κ3) is 17.7. The Hall–Kier alpha value is -9.16. The van der Waals surface area contributed by atoms with Crippen molar-refractivity contribution in [3.63, 3.8) is 0 Å². The zero-order valence-electron chi connectivity index (χ0n) is 46.9. The molecular weight excluding hydrogens is 1500 g/mol. The molecule has 92 heavy (non-hydrogen) atoms. The Balaban J connectivity index is 0.000000145. The second-order valence-electron chi connectivity index (χ2n) is 19.2. The molecule has 464 valence electrons. The number of benzene rings is 8. The number of alkyl halides is 4. The van der Waals surface area contributed by atoms with Crippen LogP contribution in [0.1, 0.15) is 63.7 Å². The van der Waals surface area contributed by atoms with Crippen molar-refractivity contribution in [2.75, 3.05) is 0 Å². The average molecular weight is 1540 g/mol. The Morgan fingerprint density at radius 2 is 0.707 bits per heavy atom. The summed E-state index contributed by atoms with van der Waals surface area (Å²) in [7, 11) is 0. The predicted molar refractivity (Wildman–Crippen MR) is 356 cm³/mol. The van der Waals surface area contributed by atoms with Gasteiger partial charge in [-0.05, 0) is 168 Å². The molecule has 4 aromatic heterocycles. The van der Waals surface area contributed by atoms with E-state index in [9.17, 15) is 47.1 Å². The first kappa shape index (κ1) is 67.2. The Morgan fingerprint density at radius 1 is 0.370 bits per heavy atom. The van der Waals surface area contributed by atoms with Gasteiger partial charge in [0.15, 0.2) is 0 Å². The first-order valence-corrected chi connectivity index (χ1v) is 31.6. The number of rotatable bonds is 12. The van der Waals surface area contributed by atoms with Crippen molar-refractivity contribution >= 4 is 155 Å². The average Bonchev–Trinajstić information content (AvgIpc) is 0.989. The largest absolute Gasteiger partial charge is 0.423 e. The standard InChI is InChI=1S/C17H10Br2O4.C17H10BrClO4.C17H10BrFO4.C17H10ClFO4/c3*18-9-10-4-5-15-11(6-10)7-14(17(21)23-15)16(20)22-13-3-1-2-12(19)8-13;18-12-2-4-13(5-3-12)22-16(20)14-8-11-7-10(9-19)1-6-15(11)23-17(14)21/h4*1-8H,9H2. The fraction of sp³-hybridized carbons (Fsp3) is 0.0588. The first-order chi connectivity index (χ1) is 44.3. The minimum atomic E-state index is -0.893. The number of halogens is 8. The summed E-state index contributed by atoms with van der Waals surface area (Å²) in [5.41, 5.74) is 1.02. The summed E-state index contributed by atoms with van der Waals surface area (Å²) < 4.78 is 67.7. The monoisotopic (exact) mass is 1540 g/mol. The van der Waals surface area contributed by atoms with E-state index in [2.05, 4.69) is 63.7 Å². The number of fused-ring (bicyclic) bond motifs is 4. The second-order valence-corrected chi connectivity index (χ2v) is 22.7.